The second-order valence-corrected chi connectivity index (χ2v) is 15.3. The molecule has 244 valence electrons. The maximum atomic E-state index is 14.6. The third kappa shape index (κ3) is 5.55. The van der Waals surface area contributed by atoms with E-state index in [9.17, 15) is 9.90 Å². The number of anilines is 1. The lowest BCUT2D eigenvalue weighted by Gasteiger charge is -2.55. The molecule has 1 N–H and O–H groups in total. The van der Waals surface area contributed by atoms with Crippen molar-refractivity contribution in [2.24, 2.45) is 11.3 Å². The number of aliphatic hydroxyl groups excluding tert-OH is 1. The summed E-state index contributed by atoms with van der Waals surface area (Å²) in [5.41, 5.74) is 4.76. The second-order valence-electron chi connectivity index (χ2n) is 15.3. The predicted octanol–water partition coefficient (Wildman–Crippen LogP) is 6.79. The molecule has 1 aliphatic heterocycles. The fraction of sp³-hybridized carbons (Fsp3) is 0.605. The van der Waals surface area contributed by atoms with Crippen LogP contribution in [0, 0.1) is 18.3 Å². The number of methoxy groups -OCH3 is 1. The third-order valence-electron chi connectivity index (χ3n) is 12.4. The zero-order chi connectivity index (χ0) is 31.5. The Morgan fingerprint density at radius 2 is 1.76 bits per heavy atom. The Bertz CT molecular complexity index is 1560. The molecule has 9 rings (SSSR count). The molecule has 1 amide bonds. The highest BCUT2D eigenvalue weighted by Gasteiger charge is 2.51. The maximum absolute atomic E-state index is 14.6. The molecule has 5 aliphatic carbocycles. The molecule has 0 radical (unpaired) electrons. The summed E-state index contributed by atoms with van der Waals surface area (Å²) in [7, 11) is 1.74. The van der Waals surface area contributed by atoms with Crippen molar-refractivity contribution in [3.8, 4) is 17.0 Å². The number of hydrogen-bond donors (Lipinski definition) is 1. The van der Waals surface area contributed by atoms with E-state index < -0.39 is 0 Å². The van der Waals surface area contributed by atoms with E-state index in [1.807, 2.05) is 12.3 Å². The lowest BCUT2D eigenvalue weighted by Crippen LogP contribution is -2.56. The van der Waals surface area contributed by atoms with Crippen molar-refractivity contribution in [1.29, 1.82) is 0 Å². The number of ether oxygens (including phenoxy) is 1. The van der Waals surface area contributed by atoms with Crippen LogP contribution in [0.2, 0.25) is 0 Å². The van der Waals surface area contributed by atoms with E-state index >= 15 is 0 Å². The smallest absolute Gasteiger partial charge is 0.231 e. The molecule has 8 heteroatoms. The summed E-state index contributed by atoms with van der Waals surface area (Å²) in [6, 6.07) is 11.3. The molecule has 3 heterocycles. The summed E-state index contributed by atoms with van der Waals surface area (Å²) in [6.07, 6.45) is 16.4. The molecule has 3 aromatic rings. The van der Waals surface area contributed by atoms with Gasteiger partial charge in [0, 0.05) is 49.3 Å². The number of aryl methyl sites for hydroxylation is 1. The number of pyridine rings is 1. The van der Waals surface area contributed by atoms with Gasteiger partial charge >= 0.3 is 0 Å². The minimum Gasteiger partial charge on any atom is -0.496 e. The van der Waals surface area contributed by atoms with Crippen LogP contribution >= 0.6 is 0 Å². The number of aliphatic hydroxyl groups is 1. The van der Waals surface area contributed by atoms with Gasteiger partial charge < -0.3 is 14.3 Å². The van der Waals surface area contributed by atoms with Gasteiger partial charge in [0.15, 0.2) is 5.89 Å². The largest absolute Gasteiger partial charge is 0.496 e. The summed E-state index contributed by atoms with van der Waals surface area (Å²) in [6.45, 7) is 4.42. The van der Waals surface area contributed by atoms with Crippen LogP contribution < -0.4 is 9.64 Å². The van der Waals surface area contributed by atoms with Crippen LogP contribution in [0.15, 0.2) is 47.2 Å². The molecule has 1 saturated heterocycles. The van der Waals surface area contributed by atoms with Crippen LogP contribution in [-0.2, 0) is 10.2 Å². The number of rotatable bonds is 9. The number of oxazole rings is 1. The van der Waals surface area contributed by atoms with Gasteiger partial charge in [0.1, 0.15) is 23.5 Å². The Labute approximate surface area is 272 Å². The molecule has 5 saturated carbocycles. The number of carbonyl (C=O) groups is 1. The standard InChI is InChI=1S/C38H48N4O4/c1-25-19-29(7-10-33(25)45-2)38-15-12-37(13-16-38,14-17-38)24-42(36(44)27-5-8-30(9-6-27)41-21-31(43)22-41)34-20-28(11-18-39-34)32-23-46-35(40-32)26-3-4-26/h7,10-11,18-20,23,26-27,30-31,43H,3-6,8-9,12-17,21-22,24H2,1-2H3. The number of carbonyl (C=O) groups excluding carboxylic acids is 1. The molecule has 0 unspecified atom stereocenters. The van der Waals surface area contributed by atoms with Crippen molar-refractivity contribution in [3.05, 3.63) is 59.8 Å². The predicted molar refractivity (Wildman–Crippen MR) is 177 cm³/mol. The van der Waals surface area contributed by atoms with Crippen LogP contribution in [0.3, 0.4) is 0 Å². The first-order chi connectivity index (χ1) is 22.3. The number of β-amino-alcohol motifs (C(OH)–C–C–N with tert-alkyl or cyclic N) is 1. The molecule has 8 nitrogen and oxygen atoms in total. The number of aromatic nitrogens is 2. The van der Waals surface area contributed by atoms with E-state index in [1.165, 1.54) is 11.1 Å². The van der Waals surface area contributed by atoms with Crippen molar-refractivity contribution in [3.63, 3.8) is 0 Å². The van der Waals surface area contributed by atoms with E-state index in [2.05, 4.69) is 41.0 Å². The Morgan fingerprint density at radius 1 is 1.02 bits per heavy atom. The third-order valence-corrected chi connectivity index (χ3v) is 12.4. The van der Waals surface area contributed by atoms with Crippen LogP contribution in [0.4, 0.5) is 5.82 Å². The SMILES string of the molecule is COc1ccc(C23CCC(CN(C(=O)C4CCC(N5CC(O)C5)CC4)c4cc(-c5coc(C6CC6)n5)ccn4)(CC2)CC3)cc1C. The first-order valence-electron chi connectivity index (χ1n) is 17.6. The molecular weight excluding hydrogens is 576 g/mol. The molecule has 6 fully saturated rings. The average Bonchev–Trinajstić information content (AvgIpc) is 3.82. The fourth-order valence-corrected chi connectivity index (χ4v) is 9.11. The summed E-state index contributed by atoms with van der Waals surface area (Å²) in [5, 5.41) is 9.82. The molecule has 2 bridgehead atoms. The average molecular weight is 625 g/mol. The number of amides is 1. The maximum Gasteiger partial charge on any atom is 0.231 e. The number of nitrogens with zero attached hydrogens (tertiary/aromatic N) is 4. The van der Waals surface area contributed by atoms with Gasteiger partial charge in [-0.15, -0.1) is 0 Å². The first-order valence-corrected chi connectivity index (χ1v) is 17.6. The van der Waals surface area contributed by atoms with Crippen LogP contribution in [0.25, 0.3) is 11.3 Å². The Balaban J connectivity index is 1.03. The summed E-state index contributed by atoms with van der Waals surface area (Å²) in [5.74, 6) is 3.21. The Kier molecular flexibility index (Phi) is 7.72. The summed E-state index contributed by atoms with van der Waals surface area (Å²) in [4.78, 5) is 28.7. The molecule has 0 spiro atoms. The molecule has 1 aromatic carbocycles. The van der Waals surface area contributed by atoms with E-state index in [-0.39, 0.29) is 28.8 Å². The van der Waals surface area contributed by atoms with Crippen molar-refractivity contribution in [2.45, 2.75) is 107 Å². The van der Waals surface area contributed by atoms with Crippen LogP contribution in [0.5, 0.6) is 5.75 Å². The second kappa shape index (κ2) is 11.8. The highest BCUT2D eigenvalue weighted by Crippen LogP contribution is 2.58. The van der Waals surface area contributed by atoms with Gasteiger partial charge in [-0.2, -0.15) is 0 Å². The van der Waals surface area contributed by atoms with Crippen molar-refractivity contribution < 1.29 is 19.1 Å². The summed E-state index contributed by atoms with van der Waals surface area (Å²) >= 11 is 0. The minimum absolute atomic E-state index is 0.00590. The Hall–Kier alpha value is -3.23. The van der Waals surface area contributed by atoms with Gasteiger partial charge in [-0.3, -0.25) is 14.6 Å². The van der Waals surface area contributed by atoms with Gasteiger partial charge in [0.25, 0.3) is 0 Å². The zero-order valence-corrected chi connectivity index (χ0v) is 27.4. The highest BCUT2D eigenvalue weighted by molar-refractivity contribution is 5.94. The minimum atomic E-state index is -0.184. The number of fused-ring (bicyclic) bond motifs is 3. The lowest BCUT2D eigenvalue weighted by atomic mass is 9.51. The van der Waals surface area contributed by atoms with Gasteiger partial charge in [-0.05, 0) is 124 Å². The fourth-order valence-electron chi connectivity index (χ4n) is 9.11. The monoisotopic (exact) mass is 624 g/mol. The molecule has 46 heavy (non-hydrogen) atoms. The van der Waals surface area contributed by atoms with Gasteiger partial charge in [-0.1, -0.05) is 12.1 Å². The van der Waals surface area contributed by atoms with Gasteiger partial charge in [0.05, 0.1) is 13.2 Å². The molecular formula is C38H48N4O4. The zero-order valence-electron chi connectivity index (χ0n) is 27.4. The molecule has 6 aliphatic rings. The summed E-state index contributed by atoms with van der Waals surface area (Å²) < 4.78 is 11.4. The van der Waals surface area contributed by atoms with Crippen LogP contribution in [0.1, 0.15) is 100.0 Å². The van der Waals surface area contributed by atoms with E-state index in [0.29, 0.717) is 12.0 Å². The highest BCUT2D eigenvalue weighted by atomic mass is 16.5. The van der Waals surface area contributed by atoms with Crippen molar-refractivity contribution in [1.82, 2.24) is 14.9 Å². The van der Waals surface area contributed by atoms with E-state index in [1.54, 1.807) is 13.4 Å². The van der Waals surface area contributed by atoms with E-state index in [0.717, 1.165) is 125 Å². The number of hydrogen-bond acceptors (Lipinski definition) is 7. The van der Waals surface area contributed by atoms with Gasteiger partial charge in [0.2, 0.25) is 5.91 Å². The molecule has 0 atom stereocenters. The first kappa shape index (κ1) is 30.1. The van der Waals surface area contributed by atoms with Gasteiger partial charge in [-0.25, -0.2) is 9.97 Å². The van der Waals surface area contributed by atoms with Crippen molar-refractivity contribution in [2.75, 3.05) is 31.6 Å². The number of likely N-dealkylation sites (tertiary alicyclic amines) is 1. The van der Waals surface area contributed by atoms with Crippen LogP contribution in [-0.4, -0.2) is 64.8 Å². The normalized spacial score (nSPS) is 29.8. The topological polar surface area (TPSA) is 91.9 Å². The van der Waals surface area contributed by atoms with E-state index in [4.69, 9.17) is 19.1 Å². The number of benzene rings is 1. The Morgan fingerprint density at radius 3 is 2.41 bits per heavy atom. The quantitative estimate of drug-likeness (QED) is 0.280. The lowest BCUT2D eigenvalue weighted by molar-refractivity contribution is -0.125. The van der Waals surface area contributed by atoms with Crippen molar-refractivity contribution >= 4 is 11.7 Å². The molecule has 2 aromatic heterocycles.